The van der Waals surface area contributed by atoms with Gasteiger partial charge in [-0.3, -0.25) is 19.3 Å². The third kappa shape index (κ3) is 2.67. The normalized spacial score (nSPS) is 23.5. The molecule has 2 heterocycles. The van der Waals surface area contributed by atoms with E-state index in [1.165, 1.54) is 24.3 Å². The van der Waals surface area contributed by atoms with Crippen molar-refractivity contribution in [1.82, 2.24) is 10.2 Å². The third-order valence-corrected chi connectivity index (χ3v) is 4.00. The summed E-state index contributed by atoms with van der Waals surface area (Å²) in [7, 11) is 0. The van der Waals surface area contributed by atoms with Crippen LogP contribution in [0.2, 0.25) is 0 Å². The summed E-state index contributed by atoms with van der Waals surface area (Å²) >= 11 is 0. The van der Waals surface area contributed by atoms with Crippen molar-refractivity contribution >= 4 is 29.8 Å². The van der Waals surface area contributed by atoms with Crippen LogP contribution >= 0.6 is 0 Å². The summed E-state index contributed by atoms with van der Waals surface area (Å²) < 4.78 is 0. The molecule has 1 aromatic carbocycles. The number of carbonyl (C=O) groups excluding carboxylic acids is 3. The van der Waals surface area contributed by atoms with Crippen molar-refractivity contribution < 1.29 is 29.4 Å². The van der Waals surface area contributed by atoms with Gasteiger partial charge in [-0.2, -0.15) is 0 Å². The van der Waals surface area contributed by atoms with Crippen molar-refractivity contribution in [3.63, 3.8) is 0 Å². The van der Waals surface area contributed by atoms with Gasteiger partial charge in [-0.1, -0.05) is 6.07 Å². The van der Waals surface area contributed by atoms with Gasteiger partial charge in [0.05, 0.1) is 11.1 Å². The van der Waals surface area contributed by atoms with Gasteiger partial charge < -0.3 is 15.5 Å². The number of hydrogen-bond acceptors (Lipinski definition) is 5. The number of benzene rings is 1. The molecule has 0 saturated carbocycles. The van der Waals surface area contributed by atoms with Crippen LogP contribution in [0.1, 0.15) is 39.1 Å². The molecule has 8 nitrogen and oxygen atoms in total. The molecule has 0 aliphatic carbocycles. The number of imide groups is 1. The van der Waals surface area contributed by atoms with Crippen molar-refractivity contribution in [3.05, 3.63) is 41.0 Å². The molecule has 2 atom stereocenters. The number of carboxylic acids is 1. The average Bonchev–Trinajstić information content (AvgIpc) is 2.77. The maximum absolute atomic E-state index is 12.5. The fraction of sp³-hybridized carbons (Fsp3) is 0.250. The number of carboxylic acid groups (broad SMARTS) is 1. The first-order chi connectivity index (χ1) is 11.4. The second-order valence-electron chi connectivity index (χ2n) is 5.57. The second kappa shape index (κ2) is 5.89. The molecule has 1 aromatic rings. The van der Waals surface area contributed by atoms with E-state index in [-0.39, 0.29) is 24.0 Å². The zero-order valence-electron chi connectivity index (χ0n) is 12.4. The fourth-order valence-corrected chi connectivity index (χ4v) is 2.86. The molecule has 8 heteroatoms. The Morgan fingerprint density at radius 2 is 1.88 bits per heavy atom. The molecule has 1 saturated heterocycles. The van der Waals surface area contributed by atoms with E-state index >= 15 is 0 Å². The van der Waals surface area contributed by atoms with Gasteiger partial charge >= 0.3 is 5.97 Å². The Bertz CT molecular complexity index is 785. The Hall–Kier alpha value is -3.00. The average molecular weight is 330 g/mol. The minimum atomic E-state index is -1.13. The lowest BCUT2D eigenvalue weighted by atomic mass is 10.0. The van der Waals surface area contributed by atoms with Crippen molar-refractivity contribution in [2.75, 3.05) is 0 Å². The molecule has 0 aromatic heterocycles. The Morgan fingerprint density at radius 3 is 2.54 bits per heavy atom. The van der Waals surface area contributed by atoms with Gasteiger partial charge in [0.1, 0.15) is 12.3 Å². The fourth-order valence-electron chi connectivity index (χ4n) is 2.86. The van der Waals surface area contributed by atoms with Gasteiger partial charge in [-0.25, -0.2) is 4.79 Å². The first kappa shape index (κ1) is 15.9. The highest BCUT2D eigenvalue weighted by Crippen LogP contribution is 2.28. The van der Waals surface area contributed by atoms with Crippen LogP contribution < -0.4 is 5.32 Å². The van der Waals surface area contributed by atoms with E-state index in [1.54, 1.807) is 0 Å². The lowest BCUT2D eigenvalue weighted by Gasteiger charge is -2.31. The predicted molar refractivity (Wildman–Crippen MR) is 80.8 cm³/mol. The molecule has 3 amide bonds. The summed E-state index contributed by atoms with van der Waals surface area (Å²) in [5.74, 6) is -2.87. The summed E-state index contributed by atoms with van der Waals surface area (Å²) in [6, 6.07) is 3.42. The first-order valence-corrected chi connectivity index (χ1v) is 7.30. The Kier molecular flexibility index (Phi) is 3.90. The third-order valence-electron chi connectivity index (χ3n) is 4.00. The predicted octanol–water partition coefficient (Wildman–Crippen LogP) is -0.0226. The number of nitrogens with one attached hydrogen (secondary N) is 1. The highest BCUT2D eigenvalue weighted by molar-refractivity contribution is 6.23. The van der Waals surface area contributed by atoms with Crippen LogP contribution in [0.15, 0.2) is 24.3 Å². The zero-order valence-corrected chi connectivity index (χ0v) is 12.4. The van der Waals surface area contributed by atoms with Gasteiger partial charge in [0.2, 0.25) is 5.91 Å². The molecule has 0 bridgehead atoms. The molecule has 2 aliphatic heterocycles. The SMILES string of the molecule is O=C(O)/C=C/c1ccc2c(c1)C(=O)N(C1CCC(O)NC1=O)C2=O. The Labute approximate surface area is 136 Å². The summed E-state index contributed by atoms with van der Waals surface area (Å²) in [6.07, 6.45) is 1.70. The second-order valence-corrected chi connectivity index (χ2v) is 5.57. The number of piperidine rings is 1. The largest absolute Gasteiger partial charge is 0.478 e. The summed E-state index contributed by atoms with van der Waals surface area (Å²) in [5.41, 5.74) is 0.764. The van der Waals surface area contributed by atoms with E-state index < -0.39 is 36.0 Å². The minimum Gasteiger partial charge on any atom is -0.478 e. The monoisotopic (exact) mass is 330 g/mol. The number of aliphatic hydroxyl groups is 1. The molecule has 0 spiro atoms. The van der Waals surface area contributed by atoms with Crippen LogP contribution in [0.3, 0.4) is 0 Å². The number of amides is 3. The van der Waals surface area contributed by atoms with Gasteiger partial charge in [-0.05, 0) is 36.6 Å². The molecule has 2 aliphatic rings. The van der Waals surface area contributed by atoms with Gasteiger partial charge in [0, 0.05) is 6.08 Å². The summed E-state index contributed by atoms with van der Waals surface area (Å²) in [6.45, 7) is 0. The molecule has 3 rings (SSSR count). The zero-order chi connectivity index (χ0) is 17.4. The smallest absolute Gasteiger partial charge is 0.328 e. The summed E-state index contributed by atoms with van der Waals surface area (Å²) in [5, 5.41) is 20.4. The number of rotatable bonds is 3. The van der Waals surface area contributed by atoms with E-state index in [0.29, 0.717) is 5.56 Å². The molecule has 2 unspecified atom stereocenters. The lowest BCUT2D eigenvalue weighted by molar-refractivity contribution is -0.132. The molecular weight excluding hydrogens is 316 g/mol. The maximum atomic E-state index is 12.5. The molecule has 3 N–H and O–H groups in total. The highest BCUT2D eigenvalue weighted by Gasteiger charge is 2.44. The minimum absolute atomic E-state index is 0.131. The van der Waals surface area contributed by atoms with Gasteiger partial charge in [-0.15, -0.1) is 0 Å². The van der Waals surface area contributed by atoms with Gasteiger partial charge in [0.15, 0.2) is 0 Å². The molecule has 124 valence electrons. The van der Waals surface area contributed by atoms with Crippen LogP contribution in [-0.4, -0.2) is 51.1 Å². The van der Waals surface area contributed by atoms with Crippen LogP contribution in [0.4, 0.5) is 0 Å². The Balaban J connectivity index is 1.91. The van der Waals surface area contributed by atoms with E-state index in [4.69, 9.17) is 5.11 Å². The molecule has 24 heavy (non-hydrogen) atoms. The van der Waals surface area contributed by atoms with E-state index in [0.717, 1.165) is 11.0 Å². The van der Waals surface area contributed by atoms with E-state index in [9.17, 15) is 24.3 Å². The van der Waals surface area contributed by atoms with Crippen LogP contribution in [-0.2, 0) is 9.59 Å². The lowest BCUT2D eigenvalue weighted by Crippen LogP contribution is -2.55. The standard InChI is InChI=1S/C16H14N2O6/c19-12-5-4-11(14(22)17-12)18-15(23)9-3-1-8(2-6-13(20)21)7-10(9)16(18)24/h1-3,6-7,11-12,19H,4-5H2,(H,17,22)(H,20,21)/b6-2+. The number of carbonyl (C=O) groups is 4. The van der Waals surface area contributed by atoms with E-state index in [2.05, 4.69) is 5.32 Å². The van der Waals surface area contributed by atoms with Crippen molar-refractivity contribution in [3.8, 4) is 0 Å². The number of aliphatic carboxylic acids is 1. The molecule has 1 fully saturated rings. The maximum Gasteiger partial charge on any atom is 0.328 e. The topological polar surface area (TPSA) is 124 Å². The highest BCUT2D eigenvalue weighted by atomic mass is 16.4. The Morgan fingerprint density at radius 1 is 1.17 bits per heavy atom. The van der Waals surface area contributed by atoms with Crippen LogP contribution in [0, 0.1) is 0 Å². The number of nitrogens with zero attached hydrogens (tertiary/aromatic N) is 1. The van der Waals surface area contributed by atoms with Gasteiger partial charge in [0.25, 0.3) is 11.8 Å². The van der Waals surface area contributed by atoms with Crippen molar-refractivity contribution in [2.24, 2.45) is 0 Å². The van der Waals surface area contributed by atoms with Crippen LogP contribution in [0.5, 0.6) is 0 Å². The summed E-state index contributed by atoms with van der Waals surface area (Å²) in [4.78, 5) is 48.5. The van der Waals surface area contributed by atoms with E-state index in [1.807, 2.05) is 0 Å². The number of fused-ring (bicyclic) bond motifs is 1. The molecular formula is C16H14N2O6. The first-order valence-electron chi connectivity index (χ1n) is 7.30. The molecule has 0 radical (unpaired) electrons. The van der Waals surface area contributed by atoms with Crippen molar-refractivity contribution in [2.45, 2.75) is 25.1 Å². The van der Waals surface area contributed by atoms with Crippen LogP contribution in [0.25, 0.3) is 6.08 Å². The number of aliphatic hydroxyl groups excluding tert-OH is 1. The quantitative estimate of drug-likeness (QED) is 0.528. The van der Waals surface area contributed by atoms with Crippen molar-refractivity contribution in [1.29, 1.82) is 0 Å². The number of hydrogen-bond donors (Lipinski definition) is 3.